The molecule has 0 saturated heterocycles. The molecule has 1 N–H and O–H groups in total. The van der Waals surface area contributed by atoms with Crippen LogP contribution in [0, 0.1) is 13.8 Å². The highest BCUT2D eigenvalue weighted by molar-refractivity contribution is 6.31. The third-order valence-corrected chi connectivity index (χ3v) is 4.69. The second-order valence-electron chi connectivity index (χ2n) is 6.51. The van der Waals surface area contributed by atoms with Crippen LogP contribution >= 0.6 is 11.6 Å². The Balaban J connectivity index is 1.69. The zero-order valence-electron chi connectivity index (χ0n) is 15.6. The molecule has 0 saturated carbocycles. The van der Waals surface area contributed by atoms with Crippen molar-refractivity contribution in [1.29, 1.82) is 0 Å². The summed E-state index contributed by atoms with van der Waals surface area (Å²) < 4.78 is 7.03. The lowest BCUT2D eigenvalue weighted by atomic mass is 10.1. The van der Waals surface area contributed by atoms with E-state index in [1.807, 2.05) is 19.9 Å². The molecule has 0 aliphatic carbocycles. The van der Waals surface area contributed by atoms with Crippen LogP contribution in [0.1, 0.15) is 41.1 Å². The molecule has 2 aromatic heterocycles. The average Bonchev–Trinajstić information content (AvgIpc) is 3.25. The highest BCUT2D eigenvalue weighted by atomic mass is 35.5. The van der Waals surface area contributed by atoms with Crippen molar-refractivity contribution in [1.82, 2.24) is 15.1 Å². The second-order valence-corrected chi connectivity index (χ2v) is 6.87. The smallest absolute Gasteiger partial charge is 0.244 e. The minimum atomic E-state index is -0.222. The van der Waals surface area contributed by atoms with Crippen LogP contribution in [-0.4, -0.2) is 15.7 Å². The standard InChI is InChI=1S/C21H22ClN3O2/c1-14-6-8-17(9-7-14)13-25-21(22)18(15(2)24-25)10-11-20(26)23-16(3)19-5-4-12-27-19/h4-12,16H,13H2,1-3H3,(H,23,26)/b11-10+/t16-/m1/s1. The first-order chi connectivity index (χ1) is 12.9. The first-order valence-electron chi connectivity index (χ1n) is 8.74. The summed E-state index contributed by atoms with van der Waals surface area (Å²) in [7, 11) is 0. The number of hydrogen-bond acceptors (Lipinski definition) is 3. The lowest BCUT2D eigenvalue weighted by Gasteiger charge is -2.08. The molecule has 0 bridgehead atoms. The molecule has 1 amide bonds. The first-order valence-corrected chi connectivity index (χ1v) is 9.12. The van der Waals surface area contributed by atoms with Gasteiger partial charge in [-0.05, 0) is 44.5 Å². The topological polar surface area (TPSA) is 60.1 Å². The number of rotatable bonds is 6. The maximum Gasteiger partial charge on any atom is 0.244 e. The molecular formula is C21H22ClN3O2. The molecule has 0 aliphatic rings. The van der Waals surface area contributed by atoms with Crippen LogP contribution in [0.5, 0.6) is 0 Å². The van der Waals surface area contributed by atoms with Gasteiger partial charge in [0.1, 0.15) is 10.9 Å². The number of carbonyl (C=O) groups excluding carboxylic acids is 1. The van der Waals surface area contributed by atoms with Gasteiger partial charge in [0, 0.05) is 11.6 Å². The van der Waals surface area contributed by atoms with Crippen LogP contribution < -0.4 is 5.32 Å². The number of nitrogens with one attached hydrogen (secondary N) is 1. The van der Waals surface area contributed by atoms with E-state index >= 15 is 0 Å². The molecule has 140 valence electrons. The van der Waals surface area contributed by atoms with Crippen molar-refractivity contribution in [3.8, 4) is 0 Å². The second kappa shape index (κ2) is 8.27. The van der Waals surface area contributed by atoms with Gasteiger partial charge in [0.2, 0.25) is 5.91 Å². The van der Waals surface area contributed by atoms with E-state index in [1.54, 1.807) is 23.1 Å². The van der Waals surface area contributed by atoms with Gasteiger partial charge in [-0.1, -0.05) is 41.4 Å². The predicted molar refractivity (Wildman–Crippen MR) is 107 cm³/mol. The lowest BCUT2D eigenvalue weighted by Crippen LogP contribution is -2.24. The summed E-state index contributed by atoms with van der Waals surface area (Å²) in [6.07, 6.45) is 4.74. The van der Waals surface area contributed by atoms with Gasteiger partial charge in [-0.3, -0.25) is 4.79 Å². The summed E-state index contributed by atoms with van der Waals surface area (Å²) in [4.78, 5) is 12.2. The van der Waals surface area contributed by atoms with Crippen molar-refractivity contribution in [3.63, 3.8) is 0 Å². The Morgan fingerprint density at radius 1 is 1.30 bits per heavy atom. The Morgan fingerprint density at radius 3 is 2.70 bits per heavy atom. The lowest BCUT2D eigenvalue weighted by molar-refractivity contribution is -0.117. The van der Waals surface area contributed by atoms with E-state index < -0.39 is 0 Å². The first kappa shape index (κ1) is 19.0. The van der Waals surface area contributed by atoms with Gasteiger partial charge in [0.05, 0.1) is 24.5 Å². The molecule has 2 heterocycles. The monoisotopic (exact) mass is 383 g/mol. The Labute approximate surface area is 163 Å². The van der Waals surface area contributed by atoms with Crippen LogP contribution in [0.4, 0.5) is 0 Å². The van der Waals surface area contributed by atoms with Crippen molar-refractivity contribution in [3.05, 3.63) is 82.0 Å². The van der Waals surface area contributed by atoms with Crippen LogP contribution in [0.2, 0.25) is 5.15 Å². The fraction of sp³-hybridized carbons (Fsp3) is 0.238. The molecule has 1 aromatic carbocycles. The molecule has 0 fully saturated rings. The van der Waals surface area contributed by atoms with Gasteiger partial charge in [-0.25, -0.2) is 4.68 Å². The number of nitrogens with zero attached hydrogens (tertiary/aromatic N) is 2. The van der Waals surface area contributed by atoms with Crippen molar-refractivity contribution >= 4 is 23.6 Å². The van der Waals surface area contributed by atoms with Gasteiger partial charge >= 0.3 is 0 Å². The Kier molecular flexibility index (Phi) is 5.81. The minimum absolute atomic E-state index is 0.210. The number of aryl methyl sites for hydroxylation is 2. The molecule has 3 rings (SSSR count). The molecule has 27 heavy (non-hydrogen) atoms. The van der Waals surface area contributed by atoms with Gasteiger partial charge < -0.3 is 9.73 Å². The molecule has 3 aromatic rings. The Morgan fingerprint density at radius 2 is 2.04 bits per heavy atom. The van der Waals surface area contributed by atoms with Gasteiger partial charge in [-0.15, -0.1) is 0 Å². The third kappa shape index (κ3) is 4.68. The fourth-order valence-electron chi connectivity index (χ4n) is 2.76. The molecule has 0 unspecified atom stereocenters. The van der Waals surface area contributed by atoms with Crippen molar-refractivity contribution in [2.45, 2.75) is 33.4 Å². The highest BCUT2D eigenvalue weighted by Crippen LogP contribution is 2.22. The molecule has 0 spiro atoms. The quantitative estimate of drug-likeness (QED) is 0.628. The number of furan rings is 1. The number of carbonyl (C=O) groups is 1. The van der Waals surface area contributed by atoms with Crippen LogP contribution in [-0.2, 0) is 11.3 Å². The third-order valence-electron chi connectivity index (χ3n) is 4.29. The van der Waals surface area contributed by atoms with Gasteiger partial charge in [0.15, 0.2) is 0 Å². The predicted octanol–water partition coefficient (Wildman–Crippen LogP) is 4.69. The van der Waals surface area contributed by atoms with E-state index in [9.17, 15) is 4.79 Å². The summed E-state index contributed by atoms with van der Waals surface area (Å²) in [5.74, 6) is 0.484. The summed E-state index contributed by atoms with van der Waals surface area (Å²) in [5, 5.41) is 7.86. The van der Waals surface area contributed by atoms with E-state index in [4.69, 9.17) is 16.0 Å². The fourth-order valence-corrected chi connectivity index (χ4v) is 3.05. The highest BCUT2D eigenvalue weighted by Gasteiger charge is 2.13. The van der Waals surface area contributed by atoms with Gasteiger partial charge in [-0.2, -0.15) is 5.10 Å². The minimum Gasteiger partial charge on any atom is -0.467 e. The summed E-state index contributed by atoms with van der Waals surface area (Å²) in [6.45, 7) is 6.37. The largest absolute Gasteiger partial charge is 0.467 e. The van der Waals surface area contributed by atoms with E-state index in [0.29, 0.717) is 17.5 Å². The van der Waals surface area contributed by atoms with E-state index in [1.165, 1.54) is 11.6 Å². The zero-order chi connectivity index (χ0) is 19.4. The maximum absolute atomic E-state index is 12.2. The molecule has 6 heteroatoms. The van der Waals surface area contributed by atoms with Crippen LogP contribution in [0.25, 0.3) is 6.08 Å². The number of halogens is 1. The van der Waals surface area contributed by atoms with E-state index in [-0.39, 0.29) is 11.9 Å². The maximum atomic E-state index is 12.2. The van der Waals surface area contributed by atoms with Crippen LogP contribution in [0.15, 0.2) is 53.2 Å². The summed E-state index contributed by atoms with van der Waals surface area (Å²) in [6, 6.07) is 11.6. The van der Waals surface area contributed by atoms with Crippen molar-refractivity contribution in [2.24, 2.45) is 0 Å². The van der Waals surface area contributed by atoms with Crippen LogP contribution in [0.3, 0.4) is 0 Å². The number of benzene rings is 1. The normalized spacial score (nSPS) is 12.4. The Bertz CT molecular complexity index is 941. The molecular weight excluding hydrogens is 362 g/mol. The SMILES string of the molecule is Cc1ccc(Cn2nc(C)c(/C=C/C(=O)N[C@H](C)c3ccco3)c2Cl)cc1. The number of aromatic nitrogens is 2. The van der Waals surface area contributed by atoms with E-state index in [2.05, 4.69) is 41.6 Å². The Hall–Kier alpha value is -2.79. The molecule has 1 atom stereocenters. The van der Waals surface area contributed by atoms with Crippen molar-refractivity contribution in [2.75, 3.05) is 0 Å². The summed E-state index contributed by atoms with van der Waals surface area (Å²) in [5.41, 5.74) is 3.84. The number of amides is 1. The number of hydrogen-bond donors (Lipinski definition) is 1. The van der Waals surface area contributed by atoms with Gasteiger partial charge in [0.25, 0.3) is 0 Å². The summed E-state index contributed by atoms with van der Waals surface area (Å²) >= 11 is 6.48. The molecule has 5 nitrogen and oxygen atoms in total. The van der Waals surface area contributed by atoms with Crippen molar-refractivity contribution < 1.29 is 9.21 Å². The zero-order valence-corrected chi connectivity index (χ0v) is 16.3. The van der Waals surface area contributed by atoms with E-state index in [0.717, 1.165) is 16.8 Å². The molecule has 0 aliphatic heterocycles. The molecule has 0 radical (unpaired) electrons. The average molecular weight is 384 g/mol.